The number of rotatable bonds is 5. The van der Waals surface area contributed by atoms with Crippen LogP contribution in [0.15, 0.2) is 71.7 Å². The van der Waals surface area contributed by atoms with Gasteiger partial charge in [0.25, 0.3) is 0 Å². The maximum absolute atomic E-state index is 12.7. The van der Waals surface area contributed by atoms with Gasteiger partial charge < -0.3 is 14.8 Å². The van der Waals surface area contributed by atoms with E-state index in [4.69, 9.17) is 31.1 Å². The van der Waals surface area contributed by atoms with E-state index in [0.29, 0.717) is 16.8 Å². The predicted molar refractivity (Wildman–Crippen MR) is 140 cm³/mol. The molecule has 0 atom stereocenters. The van der Waals surface area contributed by atoms with Gasteiger partial charge in [0.2, 0.25) is 5.96 Å². The highest BCUT2D eigenvalue weighted by Gasteiger charge is 2.29. The normalized spacial score (nSPS) is 12.3. The van der Waals surface area contributed by atoms with Crippen LogP contribution in [0, 0.1) is 6.92 Å². The van der Waals surface area contributed by atoms with Crippen LogP contribution in [0.2, 0.25) is 5.02 Å². The Bertz CT molecular complexity index is 1450. The van der Waals surface area contributed by atoms with Crippen LogP contribution in [-0.2, 0) is 4.74 Å². The third-order valence-corrected chi connectivity index (χ3v) is 5.99. The summed E-state index contributed by atoms with van der Waals surface area (Å²) >= 11 is 6.18. The molecule has 4 aromatic rings. The number of nitrogens with one attached hydrogen (secondary N) is 1. The van der Waals surface area contributed by atoms with Crippen molar-refractivity contribution in [3.63, 3.8) is 0 Å². The Morgan fingerprint density at radius 2 is 1.80 bits per heavy atom. The molecule has 0 bridgehead atoms. The van der Waals surface area contributed by atoms with Crippen molar-refractivity contribution in [3.05, 3.63) is 83.0 Å². The van der Waals surface area contributed by atoms with E-state index in [1.807, 2.05) is 60.4 Å². The molecule has 2 heterocycles. The number of halogens is 1. The Balaban J connectivity index is 1.72. The number of aliphatic imine (C=N–C) groups is 1. The topological polar surface area (TPSA) is 76.0 Å². The molecular weight excluding hydrogens is 464 g/mol. The molecule has 0 amide bonds. The number of hydrogen-bond acceptors (Lipinski definition) is 7. The monoisotopic (exact) mass is 486 g/mol. The Hall–Kier alpha value is -4.10. The van der Waals surface area contributed by atoms with Crippen molar-refractivity contribution in [2.24, 2.45) is 4.99 Å². The summed E-state index contributed by atoms with van der Waals surface area (Å²) < 4.78 is 10.5. The number of ether oxygens (including phenoxy) is 2. The van der Waals surface area contributed by atoms with Crippen LogP contribution in [0.3, 0.4) is 0 Å². The van der Waals surface area contributed by atoms with Crippen molar-refractivity contribution in [2.75, 3.05) is 23.9 Å². The van der Waals surface area contributed by atoms with E-state index in [1.165, 1.54) is 0 Å². The van der Waals surface area contributed by atoms with Crippen molar-refractivity contribution >= 4 is 57.2 Å². The molecule has 1 aromatic heterocycles. The maximum atomic E-state index is 12.7. The number of esters is 1. The summed E-state index contributed by atoms with van der Waals surface area (Å²) in [6, 6.07) is 20.7. The first-order valence-corrected chi connectivity index (χ1v) is 11.5. The van der Waals surface area contributed by atoms with Crippen LogP contribution >= 0.6 is 11.6 Å². The molecule has 0 spiro atoms. The lowest BCUT2D eigenvalue weighted by Crippen LogP contribution is -2.35. The molecule has 7 nitrogen and oxygen atoms in total. The zero-order valence-electron chi connectivity index (χ0n) is 19.5. The molecule has 0 aliphatic carbocycles. The minimum Gasteiger partial charge on any atom is -0.497 e. The average molecular weight is 487 g/mol. The second kappa shape index (κ2) is 9.27. The molecule has 0 radical (unpaired) electrons. The lowest BCUT2D eigenvalue weighted by Gasteiger charge is -2.31. The van der Waals surface area contributed by atoms with Crippen LogP contribution < -0.4 is 15.0 Å². The summed E-state index contributed by atoms with van der Waals surface area (Å²) in [5, 5.41) is 5.76. The Morgan fingerprint density at radius 1 is 1.06 bits per heavy atom. The van der Waals surface area contributed by atoms with Crippen molar-refractivity contribution in [2.45, 2.75) is 13.8 Å². The van der Waals surface area contributed by atoms with E-state index in [9.17, 15) is 4.79 Å². The minimum atomic E-state index is -0.473. The summed E-state index contributed by atoms with van der Waals surface area (Å²) in [7, 11) is 1.63. The highest BCUT2D eigenvalue weighted by molar-refractivity contribution is 6.30. The van der Waals surface area contributed by atoms with E-state index in [1.54, 1.807) is 32.2 Å². The molecule has 3 aromatic carbocycles. The average Bonchev–Trinajstić information content (AvgIpc) is 2.87. The zero-order valence-corrected chi connectivity index (χ0v) is 20.3. The van der Waals surface area contributed by atoms with Crippen LogP contribution in [0.4, 0.5) is 22.9 Å². The standard InChI is InChI=1S/C27H23ClN4O3/c1-4-35-26(33)23-15-21-16(2)5-14-22-24(21)25(30-23)32(19-10-6-17(28)7-11-19)27(31-22)29-18-8-12-20(34-3)13-9-18/h5-15H,4H2,1-3H3,(H,29,31). The molecule has 0 fully saturated rings. The number of anilines is 3. The highest BCUT2D eigenvalue weighted by atomic mass is 35.5. The van der Waals surface area contributed by atoms with Gasteiger partial charge in [0, 0.05) is 10.7 Å². The molecule has 1 aliphatic heterocycles. The van der Waals surface area contributed by atoms with Gasteiger partial charge in [-0.3, -0.25) is 4.90 Å². The molecular formula is C27H23ClN4O3. The summed E-state index contributed by atoms with van der Waals surface area (Å²) in [5.41, 5.74) is 3.60. The van der Waals surface area contributed by atoms with E-state index in [-0.39, 0.29) is 12.3 Å². The number of guanidine groups is 1. The zero-order chi connectivity index (χ0) is 24.5. The second-order valence-corrected chi connectivity index (χ2v) is 8.41. The molecule has 5 rings (SSSR count). The van der Waals surface area contributed by atoms with E-state index >= 15 is 0 Å². The first kappa shape index (κ1) is 22.7. The number of methoxy groups -OCH3 is 1. The summed E-state index contributed by atoms with van der Waals surface area (Å²) in [6.45, 7) is 4.04. The van der Waals surface area contributed by atoms with Gasteiger partial charge in [-0.15, -0.1) is 0 Å². The number of carbonyl (C=O) groups excluding carboxylic acids is 1. The van der Waals surface area contributed by atoms with Gasteiger partial charge in [0.15, 0.2) is 11.5 Å². The fourth-order valence-electron chi connectivity index (χ4n) is 4.02. The Labute approximate surface area is 208 Å². The van der Waals surface area contributed by atoms with Gasteiger partial charge in [0.05, 0.1) is 30.5 Å². The number of pyridine rings is 1. The SMILES string of the molecule is CCOC(=O)c1cc2c(C)ccc3c2c(n1)N(c1ccc(Cl)cc1)C(Nc1ccc(OC)cc1)=N3. The molecule has 176 valence electrons. The van der Waals surface area contributed by atoms with Gasteiger partial charge in [-0.25, -0.2) is 14.8 Å². The van der Waals surface area contributed by atoms with Crippen LogP contribution in [-0.4, -0.2) is 30.6 Å². The molecule has 1 N–H and O–H groups in total. The lowest BCUT2D eigenvalue weighted by atomic mass is 10.0. The van der Waals surface area contributed by atoms with Crippen molar-refractivity contribution in [1.29, 1.82) is 0 Å². The number of hydrogen-bond donors (Lipinski definition) is 1. The lowest BCUT2D eigenvalue weighted by molar-refractivity contribution is 0.0520. The number of aromatic nitrogens is 1. The maximum Gasteiger partial charge on any atom is 0.357 e. The molecule has 0 saturated heterocycles. The van der Waals surface area contributed by atoms with Gasteiger partial charge >= 0.3 is 5.97 Å². The molecule has 8 heteroatoms. The fourth-order valence-corrected chi connectivity index (χ4v) is 4.15. The van der Waals surface area contributed by atoms with Gasteiger partial charge in [-0.1, -0.05) is 17.7 Å². The number of benzene rings is 3. The Morgan fingerprint density at radius 3 is 2.49 bits per heavy atom. The van der Waals surface area contributed by atoms with E-state index in [0.717, 1.165) is 39.1 Å². The number of carbonyl (C=O) groups is 1. The van der Waals surface area contributed by atoms with E-state index in [2.05, 4.69) is 5.32 Å². The predicted octanol–water partition coefficient (Wildman–Crippen LogP) is 6.63. The smallest absolute Gasteiger partial charge is 0.357 e. The minimum absolute atomic E-state index is 0.235. The third kappa shape index (κ3) is 4.26. The largest absolute Gasteiger partial charge is 0.497 e. The van der Waals surface area contributed by atoms with Gasteiger partial charge in [-0.05, 0) is 85.5 Å². The second-order valence-electron chi connectivity index (χ2n) is 7.98. The van der Waals surface area contributed by atoms with Crippen LogP contribution in [0.25, 0.3) is 10.8 Å². The molecule has 35 heavy (non-hydrogen) atoms. The number of aryl methyl sites for hydroxylation is 1. The van der Waals surface area contributed by atoms with Gasteiger partial charge in [0.1, 0.15) is 5.75 Å². The summed E-state index contributed by atoms with van der Waals surface area (Å²) in [5.74, 6) is 1.39. The fraction of sp³-hybridized carbons (Fsp3) is 0.148. The van der Waals surface area contributed by atoms with E-state index < -0.39 is 5.97 Å². The van der Waals surface area contributed by atoms with Crippen LogP contribution in [0.5, 0.6) is 5.75 Å². The quantitative estimate of drug-likeness (QED) is 0.319. The number of nitrogens with zero attached hydrogens (tertiary/aromatic N) is 3. The van der Waals surface area contributed by atoms with Crippen molar-refractivity contribution in [3.8, 4) is 5.75 Å². The summed E-state index contributed by atoms with van der Waals surface area (Å²) in [4.78, 5) is 24.3. The highest BCUT2D eigenvalue weighted by Crippen LogP contribution is 2.42. The van der Waals surface area contributed by atoms with Crippen molar-refractivity contribution < 1.29 is 14.3 Å². The summed E-state index contributed by atoms with van der Waals surface area (Å²) in [6.07, 6.45) is 0. The molecule has 1 aliphatic rings. The molecule has 0 unspecified atom stereocenters. The third-order valence-electron chi connectivity index (χ3n) is 5.74. The van der Waals surface area contributed by atoms with Crippen LogP contribution in [0.1, 0.15) is 23.0 Å². The Kier molecular flexibility index (Phi) is 6.01. The van der Waals surface area contributed by atoms with Crippen molar-refractivity contribution in [1.82, 2.24) is 4.98 Å². The van der Waals surface area contributed by atoms with Gasteiger partial charge in [-0.2, -0.15) is 0 Å². The molecule has 0 saturated carbocycles. The first-order valence-electron chi connectivity index (χ1n) is 11.2. The first-order chi connectivity index (χ1) is 17.0.